The highest BCUT2D eigenvalue weighted by molar-refractivity contribution is 6.33. The van der Waals surface area contributed by atoms with E-state index in [0.717, 1.165) is 5.69 Å². The predicted octanol–water partition coefficient (Wildman–Crippen LogP) is 2.10. The molecular formula is C11H14ClNO4. The van der Waals surface area contributed by atoms with Gasteiger partial charge in [0.15, 0.2) is 17.8 Å². The van der Waals surface area contributed by atoms with E-state index in [-0.39, 0.29) is 13.1 Å². The summed E-state index contributed by atoms with van der Waals surface area (Å²) in [5, 5.41) is 3.70. The number of hydrogen-bond donors (Lipinski definition) is 1. The Kier molecular flexibility index (Phi) is 3.93. The zero-order valence-electron chi connectivity index (χ0n) is 9.66. The highest BCUT2D eigenvalue weighted by Gasteiger charge is 2.17. The summed E-state index contributed by atoms with van der Waals surface area (Å²) < 4.78 is 20.6. The molecule has 94 valence electrons. The largest absolute Gasteiger partial charge is 0.454 e. The van der Waals surface area contributed by atoms with Gasteiger partial charge < -0.3 is 24.3 Å². The molecule has 0 unspecified atom stereocenters. The predicted molar refractivity (Wildman–Crippen MR) is 63.9 cm³/mol. The molecule has 1 aromatic carbocycles. The molecule has 2 rings (SSSR count). The Bertz CT molecular complexity index is 395. The van der Waals surface area contributed by atoms with Crippen molar-refractivity contribution < 1.29 is 18.9 Å². The Morgan fingerprint density at radius 2 is 1.94 bits per heavy atom. The first kappa shape index (κ1) is 12.3. The molecule has 0 aromatic heterocycles. The molecule has 0 aliphatic carbocycles. The highest BCUT2D eigenvalue weighted by Crippen LogP contribution is 2.39. The van der Waals surface area contributed by atoms with Crippen molar-refractivity contribution in [2.75, 3.05) is 32.9 Å². The number of hydrogen-bond acceptors (Lipinski definition) is 5. The van der Waals surface area contributed by atoms with Gasteiger partial charge in [0, 0.05) is 26.4 Å². The number of halogens is 1. The van der Waals surface area contributed by atoms with E-state index in [1.807, 2.05) is 0 Å². The fourth-order valence-electron chi connectivity index (χ4n) is 1.51. The fourth-order valence-corrected chi connectivity index (χ4v) is 1.73. The minimum Gasteiger partial charge on any atom is -0.454 e. The van der Waals surface area contributed by atoms with E-state index in [9.17, 15) is 0 Å². The normalized spacial score (nSPS) is 13.2. The van der Waals surface area contributed by atoms with Gasteiger partial charge in [-0.2, -0.15) is 0 Å². The minimum absolute atomic E-state index is 0.230. The van der Waals surface area contributed by atoms with Gasteiger partial charge in [0.2, 0.25) is 6.79 Å². The molecule has 0 saturated carbocycles. The van der Waals surface area contributed by atoms with E-state index in [1.54, 1.807) is 26.4 Å². The molecule has 0 fully saturated rings. The van der Waals surface area contributed by atoms with Crippen LogP contribution < -0.4 is 14.8 Å². The molecule has 0 radical (unpaired) electrons. The Balaban J connectivity index is 2.06. The Labute approximate surface area is 105 Å². The third-order valence-electron chi connectivity index (χ3n) is 2.45. The standard InChI is InChI=1S/C11H14ClNO4/c1-14-11(15-2)5-13-8-4-10-9(3-7(8)12)16-6-17-10/h3-4,11,13H,5-6H2,1-2H3. The van der Waals surface area contributed by atoms with E-state index in [2.05, 4.69) is 5.32 Å². The molecule has 0 spiro atoms. The van der Waals surface area contributed by atoms with Gasteiger partial charge in [-0.15, -0.1) is 0 Å². The minimum atomic E-state index is -0.323. The maximum atomic E-state index is 6.10. The lowest BCUT2D eigenvalue weighted by Crippen LogP contribution is -2.23. The topological polar surface area (TPSA) is 49.0 Å². The SMILES string of the molecule is COC(CNc1cc2c(cc1Cl)OCO2)OC. The molecule has 1 aliphatic heterocycles. The zero-order chi connectivity index (χ0) is 12.3. The number of rotatable bonds is 5. The van der Waals surface area contributed by atoms with Gasteiger partial charge in [0.25, 0.3) is 0 Å². The lowest BCUT2D eigenvalue weighted by Gasteiger charge is -2.15. The van der Waals surface area contributed by atoms with Gasteiger partial charge in [-0.25, -0.2) is 0 Å². The second kappa shape index (κ2) is 5.44. The summed E-state index contributed by atoms with van der Waals surface area (Å²) in [5.41, 5.74) is 0.759. The summed E-state index contributed by atoms with van der Waals surface area (Å²) in [4.78, 5) is 0. The van der Waals surface area contributed by atoms with Crippen LogP contribution in [0.3, 0.4) is 0 Å². The number of nitrogens with one attached hydrogen (secondary N) is 1. The first-order valence-electron chi connectivity index (χ1n) is 5.13. The number of benzene rings is 1. The molecule has 1 aliphatic rings. The van der Waals surface area contributed by atoms with E-state index >= 15 is 0 Å². The second-order valence-electron chi connectivity index (χ2n) is 3.47. The summed E-state index contributed by atoms with van der Waals surface area (Å²) in [6.45, 7) is 0.722. The molecule has 6 heteroatoms. The summed E-state index contributed by atoms with van der Waals surface area (Å²) >= 11 is 6.10. The lowest BCUT2D eigenvalue weighted by atomic mass is 10.2. The van der Waals surface area contributed by atoms with Crippen molar-refractivity contribution in [2.45, 2.75) is 6.29 Å². The lowest BCUT2D eigenvalue weighted by molar-refractivity contribution is -0.0914. The molecule has 0 amide bonds. The van der Waals surface area contributed by atoms with Crippen LogP contribution in [0, 0.1) is 0 Å². The van der Waals surface area contributed by atoms with Crippen LogP contribution in [0.1, 0.15) is 0 Å². The molecule has 0 saturated heterocycles. The molecule has 1 N–H and O–H groups in total. The van der Waals surface area contributed by atoms with Gasteiger partial charge in [-0.3, -0.25) is 0 Å². The van der Waals surface area contributed by atoms with Crippen molar-refractivity contribution >= 4 is 17.3 Å². The van der Waals surface area contributed by atoms with Crippen LogP contribution in [0.15, 0.2) is 12.1 Å². The first-order chi connectivity index (χ1) is 8.24. The van der Waals surface area contributed by atoms with Crippen molar-refractivity contribution in [3.8, 4) is 11.5 Å². The molecule has 5 nitrogen and oxygen atoms in total. The summed E-state index contributed by atoms with van der Waals surface area (Å²) in [6, 6.07) is 3.52. The van der Waals surface area contributed by atoms with E-state index in [4.69, 9.17) is 30.5 Å². The van der Waals surface area contributed by atoms with E-state index < -0.39 is 0 Å². The van der Waals surface area contributed by atoms with Gasteiger partial charge >= 0.3 is 0 Å². The number of ether oxygens (including phenoxy) is 4. The quantitative estimate of drug-likeness (QED) is 0.821. The van der Waals surface area contributed by atoms with Gasteiger partial charge in [-0.05, 0) is 0 Å². The van der Waals surface area contributed by atoms with Crippen LogP contribution in [-0.2, 0) is 9.47 Å². The van der Waals surface area contributed by atoms with Crippen molar-refractivity contribution in [3.63, 3.8) is 0 Å². The Morgan fingerprint density at radius 1 is 1.29 bits per heavy atom. The fraction of sp³-hybridized carbons (Fsp3) is 0.455. The highest BCUT2D eigenvalue weighted by atomic mass is 35.5. The van der Waals surface area contributed by atoms with Gasteiger partial charge in [0.1, 0.15) is 0 Å². The number of anilines is 1. The molecule has 0 atom stereocenters. The molecule has 17 heavy (non-hydrogen) atoms. The average molecular weight is 260 g/mol. The monoisotopic (exact) mass is 259 g/mol. The van der Waals surface area contributed by atoms with Crippen LogP contribution in [0.25, 0.3) is 0 Å². The van der Waals surface area contributed by atoms with E-state index in [1.165, 1.54) is 0 Å². The average Bonchev–Trinajstić information content (AvgIpc) is 2.77. The van der Waals surface area contributed by atoms with Crippen molar-refractivity contribution in [3.05, 3.63) is 17.2 Å². The number of methoxy groups -OCH3 is 2. The molecule has 1 aromatic rings. The van der Waals surface area contributed by atoms with Crippen LogP contribution in [-0.4, -0.2) is 33.8 Å². The van der Waals surface area contributed by atoms with Crippen LogP contribution >= 0.6 is 11.6 Å². The van der Waals surface area contributed by atoms with Gasteiger partial charge in [0.05, 0.1) is 17.3 Å². The smallest absolute Gasteiger partial charge is 0.231 e. The van der Waals surface area contributed by atoms with Crippen LogP contribution in [0.2, 0.25) is 5.02 Å². The third-order valence-corrected chi connectivity index (χ3v) is 2.76. The Morgan fingerprint density at radius 3 is 2.59 bits per heavy atom. The van der Waals surface area contributed by atoms with Crippen molar-refractivity contribution in [1.82, 2.24) is 0 Å². The van der Waals surface area contributed by atoms with Crippen LogP contribution in [0.4, 0.5) is 5.69 Å². The summed E-state index contributed by atoms with van der Waals surface area (Å²) in [5.74, 6) is 1.35. The van der Waals surface area contributed by atoms with Crippen LogP contribution in [0.5, 0.6) is 11.5 Å². The van der Waals surface area contributed by atoms with Crippen molar-refractivity contribution in [1.29, 1.82) is 0 Å². The zero-order valence-corrected chi connectivity index (χ0v) is 10.4. The van der Waals surface area contributed by atoms with Crippen molar-refractivity contribution in [2.24, 2.45) is 0 Å². The molecular weight excluding hydrogens is 246 g/mol. The molecule has 0 bridgehead atoms. The first-order valence-corrected chi connectivity index (χ1v) is 5.51. The van der Waals surface area contributed by atoms with E-state index in [0.29, 0.717) is 23.1 Å². The maximum Gasteiger partial charge on any atom is 0.231 e. The second-order valence-corrected chi connectivity index (χ2v) is 3.87. The molecule has 1 heterocycles. The Hall–Kier alpha value is -1.17. The summed E-state index contributed by atoms with van der Waals surface area (Å²) in [6.07, 6.45) is -0.323. The third kappa shape index (κ3) is 2.74. The van der Waals surface area contributed by atoms with Gasteiger partial charge in [-0.1, -0.05) is 11.6 Å². The maximum absolute atomic E-state index is 6.10. The summed E-state index contributed by atoms with van der Waals surface area (Å²) in [7, 11) is 3.16. The number of fused-ring (bicyclic) bond motifs is 1.